The molecule has 1 heterocycles. The van der Waals surface area contributed by atoms with E-state index in [9.17, 15) is 9.59 Å². The Balaban J connectivity index is 2.22. The van der Waals surface area contributed by atoms with Crippen LogP contribution in [0.4, 0.5) is 4.79 Å². The number of carbonyl (C=O) groups excluding carboxylic acids is 2. The molecule has 2 atom stereocenters. The molecule has 1 amide bonds. The van der Waals surface area contributed by atoms with Crippen LogP contribution < -0.4 is 0 Å². The maximum Gasteiger partial charge on any atom is 0.412 e. The van der Waals surface area contributed by atoms with Crippen LogP contribution in [0, 0.1) is 0 Å². The van der Waals surface area contributed by atoms with Crippen LogP contribution in [-0.2, 0) is 30.3 Å². The van der Waals surface area contributed by atoms with Gasteiger partial charge in [-0.1, -0.05) is 30.3 Å². The normalized spacial score (nSPS) is 19.9. The number of carbonyl (C=O) groups is 2. The van der Waals surface area contributed by atoms with E-state index >= 15 is 0 Å². The highest BCUT2D eigenvalue weighted by Gasteiger charge is 2.49. The van der Waals surface area contributed by atoms with Crippen molar-refractivity contribution in [2.24, 2.45) is 0 Å². The van der Waals surface area contributed by atoms with Crippen LogP contribution in [0.15, 0.2) is 30.3 Å². The van der Waals surface area contributed by atoms with Crippen molar-refractivity contribution >= 4 is 12.1 Å². The van der Waals surface area contributed by atoms with Crippen molar-refractivity contribution < 1.29 is 28.5 Å². The molecule has 0 N–H and O–H groups in total. The summed E-state index contributed by atoms with van der Waals surface area (Å²) in [5, 5.41) is 0. The third-order valence-electron chi connectivity index (χ3n) is 4.44. The van der Waals surface area contributed by atoms with Crippen molar-refractivity contribution in [2.75, 3.05) is 13.7 Å². The summed E-state index contributed by atoms with van der Waals surface area (Å²) in [5.41, 5.74) is -0.556. The van der Waals surface area contributed by atoms with Gasteiger partial charge >= 0.3 is 12.1 Å². The first kappa shape index (κ1) is 22.2. The smallest absolute Gasteiger partial charge is 0.412 e. The van der Waals surface area contributed by atoms with Gasteiger partial charge in [0.05, 0.1) is 38.9 Å². The topological polar surface area (TPSA) is 74.3 Å². The summed E-state index contributed by atoms with van der Waals surface area (Å²) in [7, 11) is 1.33. The van der Waals surface area contributed by atoms with Gasteiger partial charge in [0.2, 0.25) is 0 Å². The van der Waals surface area contributed by atoms with Crippen molar-refractivity contribution in [3.05, 3.63) is 35.9 Å². The maximum atomic E-state index is 12.9. The van der Waals surface area contributed by atoms with Gasteiger partial charge in [0, 0.05) is 0 Å². The monoisotopic (exact) mass is 393 g/mol. The molecule has 156 valence electrons. The van der Waals surface area contributed by atoms with Gasteiger partial charge in [-0.25, -0.2) is 4.79 Å². The number of hydrogen-bond acceptors (Lipinski definition) is 6. The van der Waals surface area contributed by atoms with Gasteiger partial charge in [-0.2, -0.15) is 0 Å². The molecule has 0 radical (unpaired) electrons. The minimum atomic E-state index is -0.878. The summed E-state index contributed by atoms with van der Waals surface area (Å²) in [6.07, 6.45) is -1.09. The Hall–Kier alpha value is -2.12. The van der Waals surface area contributed by atoms with Crippen LogP contribution in [0.25, 0.3) is 0 Å². The van der Waals surface area contributed by atoms with Crippen molar-refractivity contribution in [2.45, 2.75) is 71.1 Å². The van der Waals surface area contributed by atoms with Gasteiger partial charge < -0.3 is 18.9 Å². The highest BCUT2D eigenvalue weighted by atomic mass is 16.6. The Labute approximate surface area is 166 Å². The zero-order chi connectivity index (χ0) is 20.9. The highest BCUT2D eigenvalue weighted by Crippen LogP contribution is 2.33. The standard InChI is InChI=1S/C21H31NO6/c1-20(2,3)28-19(24)22-16(14-27-21(22,4)5)17(12-18(23)25-6)26-13-15-10-8-7-9-11-15/h7-11,16-17H,12-14H2,1-6H3/t16-,17+/m1/s1. The fraction of sp³-hybridized carbons (Fsp3) is 0.619. The quantitative estimate of drug-likeness (QED) is 0.689. The Bertz CT molecular complexity index is 667. The van der Waals surface area contributed by atoms with Crippen molar-refractivity contribution in [3.63, 3.8) is 0 Å². The molecule has 1 aliphatic heterocycles. The van der Waals surface area contributed by atoms with Gasteiger partial charge in [0.1, 0.15) is 11.3 Å². The van der Waals surface area contributed by atoms with Crippen LogP contribution >= 0.6 is 0 Å². The predicted molar refractivity (Wildman–Crippen MR) is 104 cm³/mol. The predicted octanol–water partition coefficient (Wildman–Crippen LogP) is 3.51. The number of esters is 1. The molecule has 1 fully saturated rings. The summed E-state index contributed by atoms with van der Waals surface area (Å²) in [6.45, 7) is 9.56. The molecular formula is C21H31NO6. The lowest BCUT2D eigenvalue weighted by Gasteiger charge is -2.37. The first-order valence-corrected chi connectivity index (χ1v) is 9.42. The molecule has 1 aromatic rings. The van der Waals surface area contributed by atoms with Crippen LogP contribution in [0.3, 0.4) is 0 Å². The molecule has 0 unspecified atom stereocenters. The summed E-state index contributed by atoms with van der Waals surface area (Å²) >= 11 is 0. The van der Waals surface area contributed by atoms with Gasteiger partial charge in [-0.3, -0.25) is 9.69 Å². The van der Waals surface area contributed by atoms with Crippen LogP contribution in [0.5, 0.6) is 0 Å². The zero-order valence-electron chi connectivity index (χ0n) is 17.6. The number of methoxy groups -OCH3 is 1. The van der Waals surface area contributed by atoms with E-state index < -0.39 is 35.5 Å². The summed E-state index contributed by atoms with van der Waals surface area (Å²) in [6, 6.07) is 9.16. The lowest BCUT2D eigenvalue weighted by Crippen LogP contribution is -2.54. The van der Waals surface area contributed by atoms with Crippen LogP contribution in [-0.4, -0.2) is 54.2 Å². The van der Waals surface area contributed by atoms with E-state index in [4.69, 9.17) is 18.9 Å². The molecule has 0 aromatic heterocycles. The van der Waals surface area contributed by atoms with Crippen molar-refractivity contribution in [3.8, 4) is 0 Å². The largest absolute Gasteiger partial charge is 0.469 e. The fourth-order valence-corrected chi connectivity index (χ4v) is 3.10. The highest BCUT2D eigenvalue weighted by molar-refractivity contribution is 5.72. The molecule has 1 aliphatic rings. The molecule has 0 spiro atoms. The molecule has 0 bridgehead atoms. The Morgan fingerprint density at radius 2 is 1.89 bits per heavy atom. The first-order chi connectivity index (χ1) is 13.0. The van der Waals surface area contributed by atoms with Gasteiger partial charge in [0.15, 0.2) is 0 Å². The Morgan fingerprint density at radius 1 is 1.25 bits per heavy atom. The number of benzene rings is 1. The molecule has 1 aromatic carbocycles. The number of amides is 1. The number of ether oxygens (including phenoxy) is 4. The van der Waals surface area contributed by atoms with E-state index in [1.54, 1.807) is 13.8 Å². The third-order valence-corrected chi connectivity index (χ3v) is 4.44. The zero-order valence-corrected chi connectivity index (χ0v) is 17.6. The van der Waals surface area contributed by atoms with E-state index in [-0.39, 0.29) is 13.0 Å². The first-order valence-electron chi connectivity index (χ1n) is 9.42. The summed E-state index contributed by atoms with van der Waals surface area (Å²) in [5.74, 6) is -0.410. The third kappa shape index (κ3) is 5.94. The van der Waals surface area contributed by atoms with Gasteiger partial charge in [-0.05, 0) is 40.2 Å². The average molecular weight is 393 g/mol. The minimum Gasteiger partial charge on any atom is -0.469 e. The van der Waals surface area contributed by atoms with Gasteiger partial charge in [-0.15, -0.1) is 0 Å². The molecule has 1 saturated heterocycles. The van der Waals surface area contributed by atoms with Crippen LogP contribution in [0.2, 0.25) is 0 Å². The lowest BCUT2D eigenvalue weighted by molar-refractivity contribution is -0.146. The SMILES string of the molecule is COC(=O)C[C@H](OCc1ccccc1)[C@H]1COC(C)(C)N1C(=O)OC(C)(C)C. The van der Waals surface area contributed by atoms with Crippen molar-refractivity contribution in [1.82, 2.24) is 4.90 Å². The Morgan fingerprint density at radius 3 is 2.46 bits per heavy atom. The Kier molecular flexibility index (Phi) is 7.06. The summed E-state index contributed by atoms with van der Waals surface area (Å²) < 4.78 is 22.3. The van der Waals surface area contributed by atoms with Crippen LogP contribution in [0.1, 0.15) is 46.6 Å². The molecule has 2 rings (SSSR count). The second kappa shape index (κ2) is 8.92. The number of hydrogen-bond donors (Lipinski definition) is 0. The van der Waals surface area contributed by atoms with E-state index in [0.29, 0.717) is 6.61 Å². The fourth-order valence-electron chi connectivity index (χ4n) is 3.10. The minimum absolute atomic E-state index is 0.00668. The molecule has 28 heavy (non-hydrogen) atoms. The molecule has 0 aliphatic carbocycles. The number of rotatable bonds is 6. The molecule has 7 nitrogen and oxygen atoms in total. The van der Waals surface area contributed by atoms with E-state index in [1.807, 2.05) is 51.1 Å². The maximum absolute atomic E-state index is 12.9. The van der Waals surface area contributed by atoms with Crippen molar-refractivity contribution in [1.29, 1.82) is 0 Å². The van der Waals surface area contributed by atoms with E-state index in [2.05, 4.69) is 0 Å². The number of nitrogens with zero attached hydrogens (tertiary/aromatic N) is 1. The lowest BCUT2D eigenvalue weighted by atomic mass is 10.1. The van der Waals surface area contributed by atoms with E-state index in [0.717, 1.165) is 5.56 Å². The van der Waals surface area contributed by atoms with E-state index in [1.165, 1.54) is 12.0 Å². The van der Waals surface area contributed by atoms with Gasteiger partial charge in [0.25, 0.3) is 0 Å². The molecular weight excluding hydrogens is 362 g/mol. The summed E-state index contributed by atoms with van der Waals surface area (Å²) in [4.78, 5) is 26.4. The molecule has 0 saturated carbocycles. The average Bonchev–Trinajstić information content (AvgIpc) is 2.93. The second-order valence-electron chi connectivity index (χ2n) is 8.29. The second-order valence-corrected chi connectivity index (χ2v) is 8.29. The molecule has 7 heteroatoms.